The number of thiazole rings is 2. The number of aliphatic imine (C=N–C) groups is 1. The number of para-hydroxylation sites is 1. The highest BCUT2D eigenvalue weighted by Crippen LogP contribution is 2.32. The predicted octanol–water partition coefficient (Wildman–Crippen LogP) is 6.79. The van der Waals surface area contributed by atoms with Crippen molar-refractivity contribution in [2.24, 2.45) is 4.99 Å². The van der Waals surface area contributed by atoms with E-state index in [1.54, 1.807) is 16.8 Å². The summed E-state index contributed by atoms with van der Waals surface area (Å²) in [5.41, 5.74) is 0.621. The summed E-state index contributed by atoms with van der Waals surface area (Å²) in [4.78, 5) is 9.77. The van der Waals surface area contributed by atoms with Crippen LogP contribution in [0.2, 0.25) is 0 Å². The van der Waals surface area contributed by atoms with Crippen molar-refractivity contribution in [2.45, 2.75) is 12.6 Å². The zero-order chi connectivity index (χ0) is 22.0. The second-order valence-corrected chi connectivity index (χ2v) is 9.24. The van der Waals surface area contributed by atoms with Crippen LogP contribution in [0.15, 0.2) is 65.8 Å². The molecule has 0 fully saturated rings. The van der Waals surface area contributed by atoms with Gasteiger partial charge in [0, 0.05) is 17.5 Å². The maximum Gasteiger partial charge on any atom is 0.416 e. The number of nitrogens with zero attached hydrogens (tertiary/aromatic N) is 3. The van der Waals surface area contributed by atoms with Gasteiger partial charge in [-0.3, -0.25) is 4.57 Å². The van der Waals surface area contributed by atoms with Crippen molar-refractivity contribution in [3.05, 3.63) is 85.6 Å². The quantitative estimate of drug-likeness (QED) is 0.254. The fourth-order valence-corrected chi connectivity index (χ4v) is 4.89. The van der Waals surface area contributed by atoms with Crippen molar-refractivity contribution >= 4 is 46.2 Å². The molecule has 0 aliphatic heterocycles. The van der Waals surface area contributed by atoms with E-state index in [0.717, 1.165) is 22.7 Å². The van der Waals surface area contributed by atoms with Crippen LogP contribution < -0.4 is 0 Å². The summed E-state index contributed by atoms with van der Waals surface area (Å²) in [5, 5.41) is 11.0. The maximum atomic E-state index is 12.9. The van der Waals surface area contributed by atoms with Crippen LogP contribution in [0.5, 0.6) is 5.88 Å². The van der Waals surface area contributed by atoms with Crippen molar-refractivity contribution < 1.29 is 18.3 Å². The van der Waals surface area contributed by atoms with Crippen molar-refractivity contribution in [3.63, 3.8) is 0 Å². The number of aromatic hydroxyl groups is 1. The van der Waals surface area contributed by atoms with E-state index in [0.29, 0.717) is 25.9 Å². The molecule has 31 heavy (non-hydrogen) atoms. The number of benzene rings is 2. The highest BCUT2D eigenvalue weighted by molar-refractivity contribution is 7.73. The molecule has 0 radical (unpaired) electrons. The second-order valence-electron chi connectivity index (χ2n) is 6.47. The van der Waals surface area contributed by atoms with Gasteiger partial charge in [0.1, 0.15) is 4.88 Å². The van der Waals surface area contributed by atoms with E-state index in [2.05, 4.69) is 9.98 Å². The SMILES string of the molecule is Oc1c(C=Nc2ncc(Cc3cccc(C(F)(F)F)c3)s2)sc(=S)n1-c1ccccc1. The van der Waals surface area contributed by atoms with Crippen LogP contribution in [-0.4, -0.2) is 20.9 Å². The Morgan fingerprint density at radius 2 is 1.87 bits per heavy atom. The van der Waals surface area contributed by atoms with Crippen LogP contribution in [0.1, 0.15) is 20.9 Å². The molecule has 0 amide bonds. The normalized spacial score (nSPS) is 12.0. The first-order valence-electron chi connectivity index (χ1n) is 8.96. The number of hydrogen-bond acceptors (Lipinski definition) is 6. The Kier molecular flexibility index (Phi) is 6.03. The highest BCUT2D eigenvalue weighted by Gasteiger charge is 2.30. The Bertz CT molecular complexity index is 1290. The minimum absolute atomic E-state index is 0.00862. The minimum atomic E-state index is -4.37. The van der Waals surface area contributed by atoms with E-state index < -0.39 is 11.7 Å². The van der Waals surface area contributed by atoms with E-state index in [1.807, 2.05) is 30.3 Å². The molecule has 1 N–H and O–H groups in total. The molecule has 10 heteroatoms. The van der Waals surface area contributed by atoms with Gasteiger partial charge in [-0.1, -0.05) is 59.1 Å². The van der Waals surface area contributed by atoms with Gasteiger partial charge in [0.2, 0.25) is 11.0 Å². The topological polar surface area (TPSA) is 50.4 Å². The Morgan fingerprint density at radius 3 is 2.61 bits per heavy atom. The largest absolute Gasteiger partial charge is 0.493 e. The standard InChI is InChI=1S/C21H14F3N3OS3/c22-21(23,24)14-6-4-5-13(9-14)10-16-11-25-19(30-16)26-12-17-18(28)27(20(29)31-17)15-7-2-1-3-8-15/h1-9,11-12,28H,10H2. The summed E-state index contributed by atoms with van der Waals surface area (Å²) >= 11 is 7.84. The lowest BCUT2D eigenvalue weighted by molar-refractivity contribution is -0.137. The summed E-state index contributed by atoms with van der Waals surface area (Å²) in [6, 6.07) is 14.5. The monoisotopic (exact) mass is 477 g/mol. The lowest BCUT2D eigenvalue weighted by Gasteiger charge is -2.07. The first-order chi connectivity index (χ1) is 14.8. The number of alkyl halides is 3. The van der Waals surface area contributed by atoms with Gasteiger partial charge >= 0.3 is 6.18 Å². The first-order valence-corrected chi connectivity index (χ1v) is 11.0. The zero-order valence-electron chi connectivity index (χ0n) is 15.7. The molecule has 0 atom stereocenters. The molecule has 0 saturated heterocycles. The third kappa shape index (κ3) is 4.92. The predicted molar refractivity (Wildman–Crippen MR) is 120 cm³/mol. The van der Waals surface area contributed by atoms with Gasteiger partial charge in [-0.05, 0) is 36.0 Å². The Balaban J connectivity index is 1.52. The molecule has 2 heterocycles. The molecule has 0 aliphatic carbocycles. The average Bonchev–Trinajstić information content (AvgIpc) is 3.30. The van der Waals surface area contributed by atoms with Crippen LogP contribution >= 0.6 is 34.9 Å². The number of aromatic nitrogens is 2. The molecular formula is C21H14F3N3OS3. The Labute approximate surface area is 188 Å². The van der Waals surface area contributed by atoms with Gasteiger partial charge in [-0.2, -0.15) is 13.2 Å². The van der Waals surface area contributed by atoms with Crippen molar-refractivity contribution in [3.8, 4) is 11.6 Å². The van der Waals surface area contributed by atoms with Crippen LogP contribution in [0.4, 0.5) is 18.3 Å². The average molecular weight is 478 g/mol. The van der Waals surface area contributed by atoms with Gasteiger partial charge in [0.05, 0.1) is 17.5 Å². The Morgan fingerprint density at radius 1 is 1.10 bits per heavy atom. The lowest BCUT2D eigenvalue weighted by Crippen LogP contribution is -2.05. The fourth-order valence-electron chi connectivity index (χ4n) is 2.88. The van der Waals surface area contributed by atoms with E-state index >= 15 is 0 Å². The van der Waals surface area contributed by atoms with Crippen molar-refractivity contribution in [1.82, 2.24) is 9.55 Å². The number of halogens is 3. The van der Waals surface area contributed by atoms with Crippen LogP contribution in [0, 0.1) is 3.95 Å². The van der Waals surface area contributed by atoms with E-state index in [4.69, 9.17) is 12.2 Å². The molecular weight excluding hydrogens is 463 g/mol. The van der Waals surface area contributed by atoms with Crippen molar-refractivity contribution in [2.75, 3.05) is 0 Å². The van der Waals surface area contributed by atoms with Crippen LogP contribution in [0.25, 0.3) is 5.69 Å². The molecule has 0 aliphatic rings. The van der Waals surface area contributed by atoms with Crippen LogP contribution in [0.3, 0.4) is 0 Å². The molecule has 4 rings (SSSR count). The molecule has 4 aromatic rings. The fraction of sp³-hybridized carbons (Fsp3) is 0.0952. The maximum absolute atomic E-state index is 12.9. The van der Waals surface area contributed by atoms with Gasteiger partial charge in [0.25, 0.3) is 0 Å². The lowest BCUT2D eigenvalue weighted by atomic mass is 10.1. The summed E-state index contributed by atoms with van der Waals surface area (Å²) < 4.78 is 40.7. The highest BCUT2D eigenvalue weighted by atomic mass is 32.1. The van der Waals surface area contributed by atoms with Gasteiger partial charge in [-0.15, -0.1) is 0 Å². The third-order valence-corrected chi connectivity index (χ3v) is 6.50. The molecule has 158 valence electrons. The molecule has 0 unspecified atom stereocenters. The van der Waals surface area contributed by atoms with Gasteiger partial charge < -0.3 is 5.11 Å². The molecule has 0 spiro atoms. The minimum Gasteiger partial charge on any atom is -0.493 e. The van der Waals surface area contributed by atoms with E-state index in [-0.39, 0.29) is 5.88 Å². The summed E-state index contributed by atoms with van der Waals surface area (Å²) in [7, 11) is 0. The molecule has 4 nitrogen and oxygen atoms in total. The molecule has 2 aromatic carbocycles. The second kappa shape index (κ2) is 8.74. The zero-order valence-corrected chi connectivity index (χ0v) is 18.2. The molecule has 0 bridgehead atoms. The number of hydrogen-bond donors (Lipinski definition) is 1. The molecule has 2 aromatic heterocycles. The van der Waals surface area contributed by atoms with E-state index in [9.17, 15) is 18.3 Å². The van der Waals surface area contributed by atoms with Crippen molar-refractivity contribution in [1.29, 1.82) is 0 Å². The van der Waals surface area contributed by atoms with Gasteiger partial charge in [0.15, 0.2) is 3.95 Å². The van der Waals surface area contributed by atoms with Crippen LogP contribution in [-0.2, 0) is 12.6 Å². The summed E-state index contributed by atoms with van der Waals surface area (Å²) in [6.45, 7) is 0. The van der Waals surface area contributed by atoms with Gasteiger partial charge in [-0.25, -0.2) is 9.98 Å². The first kappa shape index (κ1) is 21.4. The summed E-state index contributed by atoms with van der Waals surface area (Å²) in [5.74, 6) is -0.00862. The number of rotatable bonds is 5. The summed E-state index contributed by atoms with van der Waals surface area (Å²) in [6.07, 6.45) is -0.968. The molecule has 0 saturated carbocycles. The Hall–Kier alpha value is -2.82. The third-order valence-electron chi connectivity index (χ3n) is 4.29. The smallest absolute Gasteiger partial charge is 0.416 e. The van der Waals surface area contributed by atoms with E-state index in [1.165, 1.54) is 35.0 Å².